The van der Waals surface area contributed by atoms with Gasteiger partial charge in [0.15, 0.2) is 0 Å². The van der Waals surface area contributed by atoms with Crippen molar-refractivity contribution in [2.45, 2.75) is 18.0 Å². The van der Waals surface area contributed by atoms with E-state index in [-0.39, 0.29) is 11.4 Å². The minimum atomic E-state index is -4.06. The summed E-state index contributed by atoms with van der Waals surface area (Å²) in [5.41, 5.74) is 2.26. The summed E-state index contributed by atoms with van der Waals surface area (Å²) in [4.78, 5) is 12.7. The smallest absolute Gasteiger partial charge is 0.243 e. The van der Waals surface area contributed by atoms with Crippen molar-refractivity contribution in [1.29, 1.82) is 0 Å². The molecule has 0 saturated heterocycles. The molecule has 6 nitrogen and oxygen atoms in total. The molecule has 0 atom stereocenters. The predicted molar refractivity (Wildman–Crippen MR) is 136 cm³/mol. The summed E-state index contributed by atoms with van der Waals surface area (Å²) < 4.78 is 46.7. The summed E-state index contributed by atoms with van der Waals surface area (Å²) in [7, 11) is -4.06. The third kappa shape index (κ3) is 6.78. The molecule has 0 aliphatic rings. The van der Waals surface area contributed by atoms with E-state index in [1.807, 2.05) is 36.4 Å². The summed E-state index contributed by atoms with van der Waals surface area (Å²) >= 11 is 0. The molecule has 4 rings (SSSR count). The number of amides is 1. The van der Waals surface area contributed by atoms with E-state index in [2.05, 4.69) is 5.32 Å². The van der Waals surface area contributed by atoms with Crippen LogP contribution in [0.5, 0.6) is 5.75 Å². The van der Waals surface area contributed by atoms with Crippen molar-refractivity contribution >= 4 is 21.6 Å². The maximum Gasteiger partial charge on any atom is 0.243 e. The highest BCUT2D eigenvalue weighted by atomic mass is 32.2. The Bertz CT molecular complexity index is 1380. The second-order valence-corrected chi connectivity index (χ2v) is 10.00. The number of halogens is 1. The molecule has 0 aromatic heterocycles. The van der Waals surface area contributed by atoms with Gasteiger partial charge in [-0.25, -0.2) is 12.8 Å². The summed E-state index contributed by atoms with van der Waals surface area (Å²) in [5.74, 6) is -0.409. The first-order valence-electron chi connectivity index (χ1n) is 11.3. The molecule has 36 heavy (non-hydrogen) atoms. The van der Waals surface area contributed by atoms with E-state index in [1.165, 1.54) is 12.1 Å². The van der Waals surface area contributed by atoms with E-state index in [0.29, 0.717) is 18.0 Å². The lowest BCUT2D eigenvalue weighted by Crippen LogP contribution is -2.37. The van der Waals surface area contributed by atoms with Crippen molar-refractivity contribution in [3.05, 3.63) is 126 Å². The highest BCUT2D eigenvalue weighted by Crippen LogP contribution is 2.20. The first-order valence-corrected chi connectivity index (χ1v) is 12.7. The second-order valence-electron chi connectivity index (χ2n) is 8.06. The largest absolute Gasteiger partial charge is 0.489 e. The molecular weight excluding hydrogens is 479 g/mol. The minimum absolute atomic E-state index is 0.0137. The lowest BCUT2D eigenvalue weighted by Gasteiger charge is -2.22. The van der Waals surface area contributed by atoms with E-state index in [9.17, 15) is 17.6 Å². The summed E-state index contributed by atoms with van der Waals surface area (Å²) in [6.45, 7) is -0.0106. The number of carbonyl (C=O) groups excluding carboxylic acids is 1. The van der Waals surface area contributed by atoms with Crippen LogP contribution in [0.15, 0.2) is 114 Å². The predicted octanol–water partition coefficient (Wildman–Crippen LogP) is 5.23. The minimum Gasteiger partial charge on any atom is -0.489 e. The summed E-state index contributed by atoms with van der Waals surface area (Å²) in [5, 5.41) is 2.73. The number of benzene rings is 4. The number of nitrogens with zero attached hydrogens (tertiary/aromatic N) is 1. The monoisotopic (exact) mass is 504 g/mol. The van der Waals surface area contributed by atoms with E-state index in [0.717, 1.165) is 27.6 Å². The number of sulfonamides is 1. The van der Waals surface area contributed by atoms with Crippen LogP contribution in [0.1, 0.15) is 11.1 Å². The van der Waals surface area contributed by atoms with Gasteiger partial charge >= 0.3 is 0 Å². The fourth-order valence-electron chi connectivity index (χ4n) is 3.50. The molecule has 0 aliphatic heterocycles. The van der Waals surface area contributed by atoms with Gasteiger partial charge < -0.3 is 10.1 Å². The quantitative estimate of drug-likeness (QED) is 0.321. The Morgan fingerprint density at radius 3 is 1.97 bits per heavy atom. The van der Waals surface area contributed by atoms with Gasteiger partial charge in [-0.2, -0.15) is 4.31 Å². The zero-order valence-corrected chi connectivity index (χ0v) is 20.2. The van der Waals surface area contributed by atoms with Gasteiger partial charge in [0.2, 0.25) is 15.9 Å². The van der Waals surface area contributed by atoms with E-state index < -0.39 is 28.3 Å². The Morgan fingerprint density at radius 1 is 0.778 bits per heavy atom. The Labute approximate surface area is 210 Å². The van der Waals surface area contributed by atoms with E-state index in [1.54, 1.807) is 48.5 Å². The maximum absolute atomic E-state index is 13.4. The fraction of sp³-hybridized carbons (Fsp3) is 0.107. The van der Waals surface area contributed by atoms with Crippen molar-refractivity contribution in [3.8, 4) is 5.75 Å². The summed E-state index contributed by atoms with van der Waals surface area (Å²) in [6.07, 6.45) is 0. The van der Waals surface area contributed by atoms with E-state index >= 15 is 0 Å². The normalized spacial score (nSPS) is 11.3. The van der Waals surface area contributed by atoms with Gasteiger partial charge in [0.05, 0.1) is 11.4 Å². The number of ether oxygens (including phenoxy) is 1. The van der Waals surface area contributed by atoms with Crippen LogP contribution >= 0.6 is 0 Å². The number of hydrogen-bond acceptors (Lipinski definition) is 4. The van der Waals surface area contributed by atoms with Crippen molar-refractivity contribution in [2.75, 3.05) is 11.9 Å². The fourth-order valence-corrected chi connectivity index (χ4v) is 4.89. The molecule has 0 radical (unpaired) electrons. The Kier molecular flexibility index (Phi) is 8.10. The Morgan fingerprint density at radius 2 is 1.36 bits per heavy atom. The molecule has 0 unspecified atom stereocenters. The molecular formula is C28H25FN2O4S. The molecule has 0 heterocycles. The number of hydrogen-bond donors (Lipinski definition) is 1. The van der Waals surface area contributed by atoms with Crippen LogP contribution in [0.3, 0.4) is 0 Å². The average molecular weight is 505 g/mol. The standard InChI is InChI=1S/C28H25FN2O4S/c29-24-11-17-27(18-12-24)36(33,34)31(19-22-7-3-1-4-8-22)20-28(32)30-25-13-15-26(16-14-25)35-21-23-9-5-2-6-10-23/h1-18H,19-21H2,(H,30,32). The van der Waals surface area contributed by atoms with Gasteiger partial charge in [0.25, 0.3) is 0 Å². The summed E-state index contributed by atoms with van der Waals surface area (Å²) in [6, 6.07) is 30.1. The van der Waals surface area contributed by atoms with Crippen LogP contribution in [-0.4, -0.2) is 25.2 Å². The molecule has 8 heteroatoms. The SMILES string of the molecule is O=C(CN(Cc1ccccc1)S(=O)(=O)c1ccc(F)cc1)Nc1ccc(OCc2ccccc2)cc1. The van der Waals surface area contributed by atoms with Gasteiger partial charge in [-0.05, 0) is 59.7 Å². The van der Waals surface area contributed by atoms with Crippen molar-refractivity contribution in [3.63, 3.8) is 0 Å². The number of rotatable bonds is 10. The molecule has 4 aromatic carbocycles. The van der Waals surface area contributed by atoms with Crippen LogP contribution < -0.4 is 10.1 Å². The zero-order valence-electron chi connectivity index (χ0n) is 19.4. The molecule has 0 aliphatic carbocycles. The van der Waals surface area contributed by atoms with Gasteiger partial charge in [0.1, 0.15) is 18.2 Å². The first kappa shape index (κ1) is 25.1. The zero-order chi connectivity index (χ0) is 25.4. The van der Waals surface area contributed by atoms with Gasteiger partial charge in [0, 0.05) is 12.2 Å². The van der Waals surface area contributed by atoms with Crippen LogP contribution in [0, 0.1) is 5.82 Å². The lowest BCUT2D eigenvalue weighted by molar-refractivity contribution is -0.116. The van der Waals surface area contributed by atoms with E-state index in [4.69, 9.17) is 4.74 Å². The van der Waals surface area contributed by atoms with Crippen LogP contribution in [-0.2, 0) is 28.0 Å². The molecule has 0 bridgehead atoms. The van der Waals surface area contributed by atoms with Crippen molar-refractivity contribution < 1.29 is 22.3 Å². The van der Waals surface area contributed by atoms with Gasteiger partial charge in [-0.3, -0.25) is 4.79 Å². The number of carbonyl (C=O) groups is 1. The third-order valence-electron chi connectivity index (χ3n) is 5.36. The van der Waals surface area contributed by atoms with Crippen LogP contribution in [0.4, 0.5) is 10.1 Å². The topological polar surface area (TPSA) is 75.7 Å². The Balaban J connectivity index is 1.44. The van der Waals surface area contributed by atoms with Crippen LogP contribution in [0.2, 0.25) is 0 Å². The van der Waals surface area contributed by atoms with Crippen LogP contribution in [0.25, 0.3) is 0 Å². The molecule has 1 amide bonds. The molecule has 0 spiro atoms. The lowest BCUT2D eigenvalue weighted by atomic mass is 10.2. The Hall–Kier alpha value is -4.01. The molecule has 4 aromatic rings. The van der Waals surface area contributed by atoms with Crippen molar-refractivity contribution in [2.24, 2.45) is 0 Å². The number of nitrogens with one attached hydrogen (secondary N) is 1. The number of anilines is 1. The maximum atomic E-state index is 13.4. The second kappa shape index (κ2) is 11.6. The molecule has 0 fully saturated rings. The first-order chi connectivity index (χ1) is 17.4. The molecule has 1 N–H and O–H groups in total. The molecule has 184 valence electrons. The molecule has 0 saturated carbocycles. The van der Waals surface area contributed by atoms with Gasteiger partial charge in [-0.15, -0.1) is 0 Å². The average Bonchev–Trinajstić information content (AvgIpc) is 2.89. The van der Waals surface area contributed by atoms with Gasteiger partial charge in [-0.1, -0.05) is 60.7 Å². The van der Waals surface area contributed by atoms with Crippen molar-refractivity contribution in [1.82, 2.24) is 4.31 Å². The third-order valence-corrected chi connectivity index (χ3v) is 7.17. The highest BCUT2D eigenvalue weighted by Gasteiger charge is 2.27. The highest BCUT2D eigenvalue weighted by molar-refractivity contribution is 7.89.